The van der Waals surface area contributed by atoms with Crippen molar-refractivity contribution < 1.29 is 13.9 Å². The third kappa shape index (κ3) is 4.76. The van der Waals surface area contributed by atoms with Crippen LogP contribution in [0, 0.1) is 0 Å². The minimum absolute atomic E-state index is 0.201. The number of ether oxygens (including phenoxy) is 1. The van der Waals surface area contributed by atoms with Crippen LogP contribution in [0.3, 0.4) is 0 Å². The van der Waals surface area contributed by atoms with Gasteiger partial charge in [0.05, 0.1) is 5.56 Å². The average molecular weight is 529 g/mol. The second-order valence-corrected chi connectivity index (χ2v) is 10.4. The third-order valence-corrected chi connectivity index (χ3v) is 7.74. The fourth-order valence-corrected chi connectivity index (χ4v) is 5.93. The first-order valence-corrected chi connectivity index (χ1v) is 13.6. The van der Waals surface area contributed by atoms with Gasteiger partial charge < -0.3 is 19.4 Å². The van der Waals surface area contributed by atoms with Gasteiger partial charge in [-0.1, -0.05) is 54.1 Å². The van der Waals surface area contributed by atoms with Crippen LogP contribution in [0.5, 0.6) is 0 Å². The summed E-state index contributed by atoms with van der Waals surface area (Å²) in [5.74, 6) is 0. The van der Waals surface area contributed by atoms with E-state index in [0.717, 1.165) is 66.4 Å². The number of alkyl carbamates (subject to hydrolysis) is 1. The summed E-state index contributed by atoms with van der Waals surface area (Å²) in [4.78, 5) is 28.4. The summed E-state index contributed by atoms with van der Waals surface area (Å²) in [7, 11) is 0. The summed E-state index contributed by atoms with van der Waals surface area (Å²) >= 11 is 6.14. The lowest BCUT2D eigenvalue weighted by Crippen LogP contribution is -2.34. The Hall–Kier alpha value is -3.77. The predicted octanol–water partition coefficient (Wildman–Crippen LogP) is 6.28. The van der Waals surface area contributed by atoms with Crippen LogP contribution in [0.25, 0.3) is 22.1 Å². The lowest BCUT2D eigenvalue weighted by molar-refractivity contribution is 0.140. The van der Waals surface area contributed by atoms with Crippen LogP contribution in [0.1, 0.15) is 35.1 Å². The molecule has 0 saturated heterocycles. The van der Waals surface area contributed by atoms with E-state index in [9.17, 15) is 9.59 Å². The van der Waals surface area contributed by atoms with Crippen molar-refractivity contribution in [1.29, 1.82) is 0 Å². The lowest BCUT2D eigenvalue weighted by atomic mass is 9.87. The van der Waals surface area contributed by atoms with Gasteiger partial charge in [0.15, 0.2) is 0 Å². The van der Waals surface area contributed by atoms with E-state index in [1.807, 2.05) is 42.5 Å². The molecule has 0 spiro atoms. The highest BCUT2D eigenvalue weighted by atomic mass is 35.5. The first-order valence-electron chi connectivity index (χ1n) is 13.2. The maximum Gasteiger partial charge on any atom is 0.407 e. The van der Waals surface area contributed by atoms with Crippen molar-refractivity contribution in [2.45, 2.75) is 38.7 Å². The Kier molecular flexibility index (Phi) is 6.81. The molecular formula is C31H29ClN2O4. The van der Waals surface area contributed by atoms with Crippen molar-refractivity contribution in [1.82, 2.24) is 5.32 Å². The maximum absolute atomic E-state index is 13.5. The van der Waals surface area contributed by atoms with E-state index in [1.165, 1.54) is 11.3 Å². The number of nitrogens with one attached hydrogen (secondary N) is 1. The number of benzene rings is 3. The van der Waals surface area contributed by atoms with E-state index in [0.29, 0.717) is 29.1 Å². The minimum atomic E-state index is -0.489. The molecular weight excluding hydrogens is 500 g/mol. The van der Waals surface area contributed by atoms with Crippen molar-refractivity contribution in [2.24, 2.45) is 0 Å². The topological polar surface area (TPSA) is 71.8 Å². The molecule has 1 amide bonds. The molecule has 3 heterocycles. The number of fused-ring (bicyclic) bond motifs is 2. The van der Waals surface area contributed by atoms with Gasteiger partial charge >= 0.3 is 11.7 Å². The third-order valence-electron chi connectivity index (χ3n) is 7.49. The van der Waals surface area contributed by atoms with Gasteiger partial charge in [-0.3, -0.25) is 0 Å². The molecule has 2 aliphatic heterocycles. The molecule has 7 heteroatoms. The van der Waals surface area contributed by atoms with E-state index < -0.39 is 6.09 Å². The first kappa shape index (κ1) is 24.6. The molecule has 6 rings (SSSR count). The molecule has 0 unspecified atom stereocenters. The zero-order chi connectivity index (χ0) is 26.1. The van der Waals surface area contributed by atoms with Gasteiger partial charge in [0, 0.05) is 41.3 Å². The highest BCUT2D eigenvalue weighted by molar-refractivity contribution is 6.30. The summed E-state index contributed by atoms with van der Waals surface area (Å²) < 4.78 is 11.5. The predicted molar refractivity (Wildman–Crippen MR) is 150 cm³/mol. The van der Waals surface area contributed by atoms with Crippen LogP contribution >= 0.6 is 11.6 Å². The number of anilines is 1. The zero-order valence-corrected chi connectivity index (χ0v) is 21.9. The van der Waals surface area contributed by atoms with Crippen LogP contribution in [0.4, 0.5) is 10.5 Å². The molecule has 1 aromatic heterocycles. The lowest BCUT2D eigenvalue weighted by Gasteiger charge is -2.37. The van der Waals surface area contributed by atoms with Crippen molar-refractivity contribution in [2.75, 3.05) is 24.5 Å². The standard InChI is InChI=1S/C31H29ClN2O4/c32-23-12-10-21(11-13-23)27-24(14-15-33-31(36)37-19-20-6-2-1-3-7-20)26-18-22-8-4-16-34-17-5-9-25(28(22)34)29(26)38-30(27)35/h1-3,6-7,10-13,18H,4-5,8-9,14-17,19H2,(H,33,36). The molecule has 3 aromatic carbocycles. The number of halogens is 1. The molecule has 0 saturated carbocycles. The van der Waals surface area contributed by atoms with Crippen LogP contribution in [0.15, 0.2) is 69.9 Å². The number of hydrogen-bond donors (Lipinski definition) is 1. The SMILES string of the molecule is O=C(NCCc1c(-c2ccc(Cl)cc2)c(=O)oc2c3c4c(cc12)CCCN4CCC3)OCc1ccccc1. The van der Waals surface area contributed by atoms with Crippen LogP contribution in [0.2, 0.25) is 5.02 Å². The molecule has 38 heavy (non-hydrogen) atoms. The van der Waals surface area contributed by atoms with Crippen molar-refractivity contribution in [3.63, 3.8) is 0 Å². The number of rotatable bonds is 6. The average Bonchev–Trinajstić information content (AvgIpc) is 2.94. The molecule has 0 radical (unpaired) electrons. The molecule has 2 aliphatic rings. The number of hydrogen-bond acceptors (Lipinski definition) is 5. The summed E-state index contributed by atoms with van der Waals surface area (Å²) in [5.41, 5.74) is 7.08. The molecule has 0 fully saturated rings. The Morgan fingerprint density at radius 3 is 2.58 bits per heavy atom. The van der Waals surface area contributed by atoms with Gasteiger partial charge in [-0.2, -0.15) is 0 Å². The van der Waals surface area contributed by atoms with Gasteiger partial charge in [-0.25, -0.2) is 9.59 Å². The number of nitrogens with zero attached hydrogens (tertiary/aromatic N) is 1. The number of carbonyl (C=O) groups is 1. The van der Waals surface area contributed by atoms with Crippen molar-refractivity contribution in [3.8, 4) is 11.1 Å². The number of aryl methyl sites for hydroxylation is 2. The first-order chi connectivity index (χ1) is 18.6. The van der Waals surface area contributed by atoms with E-state index in [-0.39, 0.29) is 12.2 Å². The van der Waals surface area contributed by atoms with E-state index in [2.05, 4.69) is 16.3 Å². The summed E-state index contributed by atoms with van der Waals surface area (Å²) in [6.45, 7) is 2.61. The van der Waals surface area contributed by atoms with Crippen LogP contribution in [-0.4, -0.2) is 25.7 Å². The van der Waals surface area contributed by atoms with Gasteiger partial charge in [0.1, 0.15) is 12.2 Å². The highest BCUT2D eigenvalue weighted by Crippen LogP contribution is 2.41. The number of amides is 1. The van der Waals surface area contributed by atoms with E-state index in [4.69, 9.17) is 20.8 Å². The molecule has 0 atom stereocenters. The second kappa shape index (κ2) is 10.5. The van der Waals surface area contributed by atoms with Crippen LogP contribution in [-0.2, 0) is 30.6 Å². The maximum atomic E-state index is 13.5. The molecule has 4 aromatic rings. The van der Waals surface area contributed by atoms with Crippen molar-refractivity contribution in [3.05, 3.63) is 98.4 Å². The Bertz CT molecular complexity index is 1540. The Morgan fingerprint density at radius 1 is 1.03 bits per heavy atom. The Balaban J connectivity index is 1.36. The monoisotopic (exact) mass is 528 g/mol. The van der Waals surface area contributed by atoms with E-state index >= 15 is 0 Å². The summed E-state index contributed by atoms with van der Waals surface area (Å²) in [5, 5.41) is 4.41. The van der Waals surface area contributed by atoms with Gasteiger partial charge in [0.25, 0.3) is 0 Å². The minimum Gasteiger partial charge on any atom is -0.445 e. The second-order valence-electron chi connectivity index (χ2n) is 9.92. The van der Waals surface area contributed by atoms with Crippen LogP contribution < -0.4 is 15.8 Å². The largest absolute Gasteiger partial charge is 0.445 e. The normalized spacial score (nSPS) is 14.3. The smallest absolute Gasteiger partial charge is 0.407 e. The zero-order valence-electron chi connectivity index (χ0n) is 21.1. The Labute approximate surface area is 226 Å². The van der Waals surface area contributed by atoms with Gasteiger partial charge in [0.2, 0.25) is 0 Å². The molecule has 0 bridgehead atoms. The van der Waals surface area contributed by atoms with E-state index in [1.54, 1.807) is 12.1 Å². The quantitative estimate of drug-likeness (QED) is 0.298. The van der Waals surface area contributed by atoms with Crippen molar-refractivity contribution >= 4 is 34.4 Å². The fourth-order valence-electron chi connectivity index (χ4n) is 5.81. The molecule has 0 aliphatic carbocycles. The van der Waals surface area contributed by atoms with Gasteiger partial charge in [-0.05, 0) is 72.6 Å². The number of carbonyl (C=O) groups excluding carboxylic acids is 1. The highest BCUT2D eigenvalue weighted by Gasteiger charge is 2.29. The Morgan fingerprint density at radius 2 is 1.79 bits per heavy atom. The molecule has 6 nitrogen and oxygen atoms in total. The fraction of sp³-hybridized carbons (Fsp3) is 0.290. The van der Waals surface area contributed by atoms with Gasteiger partial charge in [-0.15, -0.1) is 0 Å². The summed E-state index contributed by atoms with van der Waals surface area (Å²) in [6, 6.07) is 19.0. The molecule has 194 valence electrons. The summed E-state index contributed by atoms with van der Waals surface area (Å²) in [6.07, 6.45) is 4.03. The molecule has 1 N–H and O–H groups in total.